The fraction of sp³-hybridized carbons (Fsp3) is 0.400. The summed E-state index contributed by atoms with van der Waals surface area (Å²) >= 11 is 0. The molecule has 4 heteroatoms. The molecular formula is C30H35N3O. The number of nitrogens with zero attached hydrogens (tertiary/aromatic N) is 2. The normalized spacial score (nSPS) is 15.6. The minimum atomic E-state index is 0.347. The average molecular weight is 454 g/mol. The molecule has 0 spiro atoms. The van der Waals surface area contributed by atoms with E-state index < -0.39 is 0 Å². The van der Waals surface area contributed by atoms with E-state index in [2.05, 4.69) is 79.2 Å². The minimum Gasteiger partial charge on any atom is -0.354 e. The van der Waals surface area contributed by atoms with Gasteiger partial charge in [0.1, 0.15) is 5.78 Å². The molecule has 0 bridgehead atoms. The summed E-state index contributed by atoms with van der Waals surface area (Å²) in [7, 11) is 0. The van der Waals surface area contributed by atoms with Gasteiger partial charge >= 0.3 is 0 Å². The number of aromatic amines is 1. The smallest absolute Gasteiger partial charge is 0.146 e. The molecule has 1 N–H and O–H groups in total. The molecule has 4 nitrogen and oxygen atoms in total. The Balaban J connectivity index is 1.53. The molecule has 34 heavy (non-hydrogen) atoms. The summed E-state index contributed by atoms with van der Waals surface area (Å²) in [5.41, 5.74) is 8.55. The van der Waals surface area contributed by atoms with Crippen LogP contribution in [0.3, 0.4) is 0 Å². The number of H-pyrrole nitrogens is 1. The van der Waals surface area contributed by atoms with Gasteiger partial charge in [0.25, 0.3) is 0 Å². The molecule has 2 aromatic heterocycles. The van der Waals surface area contributed by atoms with Crippen LogP contribution in [0.1, 0.15) is 68.7 Å². The number of likely N-dealkylation sites (tertiary alicyclic amines) is 1. The SMILES string of the molecule is CCC(=O)CN1CCC(c2ccc3[nH]c(-c4cc(C)nc5ccccc45)c(C(C)C)c3c2)CC1. The highest BCUT2D eigenvalue weighted by atomic mass is 16.1. The number of Topliss-reactive ketones (excluding diaryl/α,β-unsaturated/α-hetero) is 1. The van der Waals surface area contributed by atoms with Crippen LogP contribution in [0, 0.1) is 6.92 Å². The van der Waals surface area contributed by atoms with Crippen molar-refractivity contribution < 1.29 is 4.79 Å². The number of pyridine rings is 1. The Morgan fingerprint density at radius 2 is 1.85 bits per heavy atom. The molecule has 0 unspecified atom stereocenters. The molecule has 0 saturated carbocycles. The maximum Gasteiger partial charge on any atom is 0.146 e. The zero-order chi connectivity index (χ0) is 23.8. The van der Waals surface area contributed by atoms with Crippen LogP contribution in [0.5, 0.6) is 0 Å². The van der Waals surface area contributed by atoms with Gasteiger partial charge < -0.3 is 4.98 Å². The number of piperidine rings is 1. The average Bonchev–Trinajstić information content (AvgIpc) is 3.22. The number of benzene rings is 2. The highest BCUT2D eigenvalue weighted by molar-refractivity contribution is 6.00. The molecule has 2 aromatic carbocycles. The lowest BCUT2D eigenvalue weighted by Crippen LogP contribution is -2.36. The molecule has 1 aliphatic heterocycles. The quantitative estimate of drug-likeness (QED) is 0.343. The van der Waals surface area contributed by atoms with Crippen molar-refractivity contribution in [1.82, 2.24) is 14.9 Å². The van der Waals surface area contributed by atoms with Gasteiger partial charge in [-0.15, -0.1) is 0 Å². The second-order valence-electron chi connectivity index (χ2n) is 10.1. The van der Waals surface area contributed by atoms with Crippen LogP contribution in [0.4, 0.5) is 0 Å². The van der Waals surface area contributed by atoms with E-state index in [9.17, 15) is 4.79 Å². The number of nitrogens with one attached hydrogen (secondary N) is 1. The molecule has 0 amide bonds. The van der Waals surface area contributed by atoms with E-state index in [1.54, 1.807) is 0 Å². The molecular weight excluding hydrogens is 418 g/mol. The van der Waals surface area contributed by atoms with Crippen LogP contribution in [-0.2, 0) is 4.79 Å². The van der Waals surface area contributed by atoms with E-state index >= 15 is 0 Å². The fourth-order valence-corrected chi connectivity index (χ4v) is 5.60. The molecule has 176 valence electrons. The third-order valence-electron chi connectivity index (χ3n) is 7.41. The predicted molar refractivity (Wildman–Crippen MR) is 142 cm³/mol. The Labute approximate surface area is 202 Å². The van der Waals surface area contributed by atoms with Gasteiger partial charge in [-0.25, -0.2) is 0 Å². The summed E-state index contributed by atoms with van der Waals surface area (Å²) in [6.07, 6.45) is 2.87. The van der Waals surface area contributed by atoms with Crippen molar-refractivity contribution in [2.45, 2.75) is 58.8 Å². The van der Waals surface area contributed by atoms with Crippen LogP contribution in [0.25, 0.3) is 33.1 Å². The van der Waals surface area contributed by atoms with Crippen molar-refractivity contribution >= 4 is 27.6 Å². The summed E-state index contributed by atoms with van der Waals surface area (Å²) in [6, 6.07) is 17.6. The van der Waals surface area contributed by atoms with Gasteiger partial charge in [0, 0.05) is 34.0 Å². The van der Waals surface area contributed by atoms with Crippen molar-refractivity contribution in [3.63, 3.8) is 0 Å². The minimum absolute atomic E-state index is 0.347. The van der Waals surface area contributed by atoms with Gasteiger partial charge in [-0.05, 0) is 80.1 Å². The topological polar surface area (TPSA) is 49.0 Å². The first-order valence-electron chi connectivity index (χ1n) is 12.7. The third-order valence-corrected chi connectivity index (χ3v) is 7.41. The fourth-order valence-electron chi connectivity index (χ4n) is 5.60. The van der Waals surface area contributed by atoms with Crippen LogP contribution in [-0.4, -0.2) is 40.3 Å². The number of ketones is 1. The van der Waals surface area contributed by atoms with Crippen LogP contribution in [0.15, 0.2) is 48.5 Å². The Hall–Kier alpha value is -2.98. The standard InChI is InChI=1S/C30H35N3O/c1-5-23(34)18-33-14-12-21(13-15-33)22-10-11-28-26(17-22)29(19(2)3)30(32-28)25-16-20(4)31-27-9-7-6-8-24(25)27/h6-11,16-17,19,21,32H,5,12-15,18H2,1-4H3. The Morgan fingerprint density at radius 3 is 2.59 bits per heavy atom. The van der Waals surface area contributed by atoms with Crippen LogP contribution < -0.4 is 0 Å². The number of aryl methyl sites for hydroxylation is 1. The lowest BCUT2D eigenvalue weighted by molar-refractivity contribution is -0.120. The first-order chi connectivity index (χ1) is 16.4. The summed E-state index contributed by atoms with van der Waals surface area (Å²) in [5, 5.41) is 2.53. The number of hydrogen-bond donors (Lipinski definition) is 1. The Kier molecular flexibility index (Phi) is 6.26. The van der Waals surface area contributed by atoms with Gasteiger partial charge in [0.05, 0.1) is 17.8 Å². The summed E-state index contributed by atoms with van der Waals surface area (Å²) in [4.78, 5) is 22.7. The van der Waals surface area contributed by atoms with Gasteiger partial charge in [0.2, 0.25) is 0 Å². The molecule has 0 aliphatic carbocycles. The molecule has 0 radical (unpaired) electrons. The zero-order valence-corrected chi connectivity index (χ0v) is 20.8. The number of rotatable bonds is 6. The monoisotopic (exact) mass is 453 g/mol. The Morgan fingerprint density at radius 1 is 1.09 bits per heavy atom. The van der Waals surface area contributed by atoms with Crippen LogP contribution >= 0.6 is 0 Å². The van der Waals surface area contributed by atoms with Crippen LogP contribution in [0.2, 0.25) is 0 Å². The first-order valence-corrected chi connectivity index (χ1v) is 12.7. The van der Waals surface area contributed by atoms with Gasteiger partial charge in [-0.3, -0.25) is 14.7 Å². The van der Waals surface area contributed by atoms with E-state index in [0.717, 1.165) is 37.1 Å². The number of carbonyl (C=O) groups excluding carboxylic acids is 1. The summed E-state index contributed by atoms with van der Waals surface area (Å²) in [5.74, 6) is 1.30. The lowest BCUT2D eigenvalue weighted by atomic mass is 9.87. The molecule has 1 fully saturated rings. The molecule has 4 aromatic rings. The maximum atomic E-state index is 11.9. The van der Waals surface area contributed by atoms with Crippen molar-refractivity contribution in [2.24, 2.45) is 0 Å². The zero-order valence-electron chi connectivity index (χ0n) is 20.8. The number of carbonyl (C=O) groups is 1. The number of hydrogen-bond acceptors (Lipinski definition) is 3. The largest absolute Gasteiger partial charge is 0.354 e. The lowest BCUT2D eigenvalue weighted by Gasteiger charge is -2.31. The number of aromatic nitrogens is 2. The molecule has 5 rings (SSSR count). The predicted octanol–water partition coefficient (Wildman–Crippen LogP) is 6.97. The Bertz CT molecular complexity index is 1340. The van der Waals surface area contributed by atoms with E-state index in [0.29, 0.717) is 30.6 Å². The highest BCUT2D eigenvalue weighted by Crippen LogP contribution is 2.40. The van der Waals surface area contributed by atoms with Crippen molar-refractivity contribution in [2.75, 3.05) is 19.6 Å². The molecule has 1 saturated heterocycles. The first kappa shape index (κ1) is 22.8. The van der Waals surface area contributed by atoms with Gasteiger partial charge in [-0.1, -0.05) is 45.0 Å². The van der Waals surface area contributed by atoms with E-state index in [-0.39, 0.29) is 0 Å². The highest BCUT2D eigenvalue weighted by Gasteiger charge is 2.24. The van der Waals surface area contributed by atoms with E-state index in [1.807, 2.05) is 6.92 Å². The van der Waals surface area contributed by atoms with Crippen molar-refractivity contribution in [1.29, 1.82) is 0 Å². The molecule has 0 atom stereocenters. The maximum absolute atomic E-state index is 11.9. The van der Waals surface area contributed by atoms with Gasteiger partial charge in [-0.2, -0.15) is 0 Å². The summed E-state index contributed by atoms with van der Waals surface area (Å²) in [6.45, 7) is 11.2. The van der Waals surface area contributed by atoms with Crippen molar-refractivity contribution in [3.8, 4) is 11.3 Å². The second-order valence-corrected chi connectivity index (χ2v) is 10.1. The number of fused-ring (bicyclic) bond motifs is 2. The van der Waals surface area contributed by atoms with Gasteiger partial charge in [0.15, 0.2) is 0 Å². The third kappa shape index (κ3) is 4.27. The second kappa shape index (κ2) is 9.34. The number of para-hydroxylation sites is 1. The molecule has 1 aliphatic rings. The summed E-state index contributed by atoms with van der Waals surface area (Å²) < 4.78 is 0. The van der Waals surface area contributed by atoms with Crippen molar-refractivity contribution in [3.05, 3.63) is 65.4 Å². The van der Waals surface area contributed by atoms with E-state index in [1.165, 1.54) is 38.7 Å². The molecule has 3 heterocycles. The van der Waals surface area contributed by atoms with E-state index in [4.69, 9.17) is 4.98 Å².